The first-order valence-corrected chi connectivity index (χ1v) is 8.72. The summed E-state index contributed by atoms with van der Waals surface area (Å²) in [5.74, 6) is 0.402. The number of Topliss-reactive ketones (excluding diaryl/α,β-unsaturated/α-hetero) is 1. The van der Waals surface area contributed by atoms with E-state index >= 15 is 0 Å². The summed E-state index contributed by atoms with van der Waals surface area (Å²) in [6.07, 6.45) is 1.58. The lowest BCUT2D eigenvalue weighted by atomic mass is 10.0. The van der Waals surface area contributed by atoms with Gasteiger partial charge >= 0.3 is 0 Å². The number of allylic oxidation sites excluding steroid dienone is 1. The molecule has 0 N–H and O–H groups in total. The van der Waals surface area contributed by atoms with E-state index in [1.807, 2.05) is 48.5 Å². The molecular formula is C23H16ClNO2. The van der Waals surface area contributed by atoms with E-state index in [1.165, 1.54) is 0 Å². The normalized spacial score (nSPS) is 10.9. The number of benzene rings is 3. The number of hydrogen-bond acceptors (Lipinski definition) is 3. The van der Waals surface area contributed by atoms with Gasteiger partial charge < -0.3 is 4.74 Å². The molecule has 0 fully saturated rings. The molecule has 3 aromatic carbocycles. The topological polar surface area (TPSA) is 50.1 Å². The van der Waals surface area contributed by atoms with Gasteiger partial charge in [-0.2, -0.15) is 5.26 Å². The Hall–Kier alpha value is -3.35. The second kappa shape index (κ2) is 8.84. The van der Waals surface area contributed by atoms with Crippen LogP contribution in [0.1, 0.15) is 21.5 Å². The van der Waals surface area contributed by atoms with Crippen LogP contribution in [0, 0.1) is 11.3 Å². The van der Waals surface area contributed by atoms with Crippen molar-refractivity contribution >= 4 is 23.5 Å². The second-order valence-electron chi connectivity index (χ2n) is 5.85. The van der Waals surface area contributed by atoms with E-state index in [2.05, 4.69) is 0 Å². The molecule has 0 atom stereocenters. The Morgan fingerprint density at radius 3 is 2.41 bits per heavy atom. The molecule has 0 heterocycles. The van der Waals surface area contributed by atoms with E-state index in [-0.39, 0.29) is 11.4 Å². The summed E-state index contributed by atoms with van der Waals surface area (Å²) < 4.78 is 5.74. The van der Waals surface area contributed by atoms with Gasteiger partial charge in [0.05, 0.1) is 0 Å². The van der Waals surface area contributed by atoms with E-state index in [9.17, 15) is 10.1 Å². The van der Waals surface area contributed by atoms with Gasteiger partial charge in [-0.15, -0.1) is 0 Å². The van der Waals surface area contributed by atoms with Crippen molar-refractivity contribution in [2.45, 2.75) is 6.61 Å². The van der Waals surface area contributed by atoms with Crippen molar-refractivity contribution in [3.8, 4) is 11.8 Å². The quantitative estimate of drug-likeness (QED) is 0.316. The minimum absolute atomic E-state index is 0.0915. The minimum Gasteiger partial charge on any atom is -0.489 e. The molecule has 0 radical (unpaired) electrons. The Kier molecular flexibility index (Phi) is 6.04. The van der Waals surface area contributed by atoms with Crippen molar-refractivity contribution in [1.82, 2.24) is 0 Å². The molecule has 3 nitrogen and oxygen atoms in total. The van der Waals surface area contributed by atoms with Gasteiger partial charge in [-0.05, 0) is 41.5 Å². The predicted molar refractivity (Wildman–Crippen MR) is 107 cm³/mol. The number of ether oxygens (including phenoxy) is 1. The molecule has 0 aliphatic heterocycles. The summed E-state index contributed by atoms with van der Waals surface area (Å²) >= 11 is 5.96. The van der Waals surface area contributed by atoms with Crippen LogP contribution >= 0.6 is 11.6 Å². The highest BCUT2D eigenvalue weighted by Gasteiger charge is 2.11. The van der Waals surface area contributed by atoms with E-state index in [4.69, 9.17) is 16.3 Å². The van der Waals surface area contributed by atoms with Crippen LogP contribution in [0.4, 0.5) is 0 Å². The number of nitriles is 1. The Bertz CT molecular complexity index is 1000. The van der Waals surface area contributed by atoms with Crippen LogP contribution in [0.5, 0.6) is 5.75 Å². The van der Waals surface area contributed by atoms with E-state index in [0.717, 1.165) is 11.1 Å². The van der Waals surface area contributed by atoms with Crippen molar-refractivity contribution in [3.63, 3.8) is 0 Å². The van der Waals surface area contributed by atoms with Gasteiger partial charge in [0.25, 0.3) is 0 Å². The van der Waals surface area contributed by atoms with Gasteiger partial charge in [-0.25, -0.2) is 0 Å². The average Bonchev–Trinajstić information content (AvgIpc) is 2.71. The molecule has 0 aliphatic rings. The van der Waals surface area contributed by atoms with Crippen LogP contribution < -0.4 is 4.74 Å². The lowest BCUT2D eigenvalue weighted by Crippen LogP contribution is -2.01. The lowest BCUT2D eigenvalue weighted by Gasteiger charge is -2.07. The molecule has 4 heteroatoms. The molecular weight excluding hydrogens is 358 g/mol. The standard InChI is InChI=1S/C23H16ClNO2/c24-21-8-4-5-18(14-21)16-27-22-11-9-17(10-12-22)13-20(15-25)23(26)19-6-2-1-3-7-19/h1-14H,16H2. The third-order valence-electron chi connectivity index (χ3n) is 3.89. The Labute approximate surface area is 163 Å². The SMILES string of the molecule is N#CC(=Cc1ccc(OCc2cccc(Cl)c2)cc1)C(=O)c1ccccc1. The summed E-state index contributed by atoms with van der Waals surface area (Å²) in [6.45, 7) is 0.408. The molecule has 0 aliphatic carbocycles. The predicted octanol–water partition coefficient (Wildman–Crippen LogP) is 5.71. The summed E-state index contributed by atoms with van der Waals surface area (Å²) in [7, 11) is 0. The molecule has 0 saturated carbocycles. The number of halogens is 1. The third-order valence-corrected chi connectivity index (χ3v) is 4.12. The Morgan fingerprint density at radius 2 is 1.74 bits per heavy atom. The minimum atomic E-state index is -0.292. The first kappa shape index (κ1) is 18.4. The molecule has 3 rings (SSSR count). The highest BCUT2D eigenvalue weighted by molar-refractivity contribution is 6.30. The molecule has 0 spiro atoms. The summed E-state index contributed by atoms with van der Waals surface area (Å²) in [4.78, 5) is 12.4. The summed E-state index contributed by atoms with van der Waals surface area (Å²) in [6, 6.07) is 25.5. The Balaban J connectivity index is 1.69. The Morgan fingerprint density at radius 1 is 1.00 bits per heavy atom. The maximum atomic E-state index is 12.4. The second-order valence-corrected chi connectivity index (χ2v) is 6.29. The van der Waals surface area contributed by atoms with Gasteiger partial charge in [0.1, 0.15) is 24.0 Å². The third kappa shape index (κ3) is 5.07. The summed E-state index contributed by atoms with van der Waals surface area (Å²) in [5.41, 5.74) is 2.32. The van der Waals surface area contributed by atoms with Crippen molar-refractivity contribution in [2.24, 2.45) is 0 Å². The van der Waals surface area contributed by atoms with Crippen LogP contribution in [0.3, 0.4) is 0 Å². The van der Waals surface area contributed by atoms with Crippen molar-refractivity contribution < 1.29 is 9.53 Å². The molecule has 132 valence electrons. The van der Waals surface area contributed by atoms with Gasteiger partial charge in [-0.1, -0.05) is 66.2 Å². The zero-order chi connectivity index (χ0) is 19.1. The van der Waals surface area contributed by atoms with Crippen LogP contribution in [-0.4, -0.2) is 5.78 Å². The first-order chi connectivity index (χ1) is 13.2. The number of carbonyl (C=O) groups excluding carboxylic acids is 1. The zero-order valence-electron chi connectivity index (χ0n) is 14.4. The molecule has 27 heavy (non-hydrogen) atoms. The lowest BCUT2D eigenvalue weighted by molar-refractivity contribution is 0.104. The highest BCUT2D eigenvalue weighted by Crippen LogP contribution is 2.18. The maximum absolute atomic E-state index is 12.4. The van der Waals surface area contributed by atoms with Crippen LogP contribution in [0.2, 0.25) is 5.02 Å². The van der Waals surface area contributed by atoms with Crippen LogP contribution in [0.15, 0.2) is 84.4 Å². The smallest absolute Gasteiger partial charge is 0.203 e. The number of hydrogen-bond donors (Lipinski definition) is 0. The molecule has 0 unspecified atom stereocenters. The van der Waals surface area contributed by atoms with E-state index in [0.29, 0.717) is 22.9 Å². The maximum Gasteiger partial charge on any atom is 0.203 e. The molecule has 0 aromatic heterocycles. The van der Waals surface area contributed by atoms with E-state index < -0.39 is 0 Å². The zero-order valence-corrected chi connectivity index (χ0v) is 15.2. The number of rotatable bonds is 6. The number of nitrogens with zero attached hydrogens (tertiary/aromatic N) is 1. The monoisotopic (exact) mass is 373 g/mol. The van der Waals surface area contributed by atoms with Crippen molar-refractivity contribution in [3.05, 3.63) is 106 Å². The highest BCUT2D eigenvalue weighted by atomic mass is 35.5. The molecule has 0 saturated heterocycles. The van der Waals surface area contributed by atoms with Gasteiger partial charge in [0.15, 0.2) is 0 Å². The fourth-order valence-electron chi connectivity index (χ4n) is 2.51. The number of ketones is 1. The van der Waals surface area contributed by atoms with Crippen molar-refractivity contribution in [1.29, 1.82) is 5.26 Å². The van der Waals surface area contributed by atoms with E-state index in [1.54, 1.807) is 42.5 Å². The van der Waals surface area contributed by atoms with Crippen molar-refractivity contribution in [2.75, 3.05) is 0 Å². The van der Waals surface area contributed by atoms with Crippen LogP contribution in [0.25, 0.3) is 6.08 Å². The summed E-state index contributed by atoms with van der Waals surface area (Å²) in [5, 5.41) is 10.0. The largest absolute Gasteiger partial charge is 0.489 e. The molecule has 0 amide bonds. The molecule has 3 aromatic rings. The average molecular weight is 374 g/mol. The molecule has 0 bridgehead atoms. The van der Waals surface area contributed by atoms with Crippen LogP contribution in [-0.2, 0) is 6.61 Å². The number of carbonyl (C=O) groups is 1. The van der Waals surface area contributed by atoms with Gasteiger partial charge in [-0.3, -0.25) is 4.79 Å². The van der Waals surface area contributed by atoms with Gasteiger partial charge in [0.2, 0.25) is 5.78 Å². The fraction of sp³-hybridized carbons (Fsp3) is 0.0435. The van der Waals surface area contributed by atoms with Gasteiger partial charge in [0, 0.05) is 10.6 Å². The fourth-order valence-corrected chi connectivity index (χ4v) is 2.73. The first-order valence-electron chi connectivity index (χ1n) is 8.34.